The topological polar surface area (TPSA) is 114 Å². The van der Waals surface area contributed by atoms with Crippen LogP contribution >= 0.6 is 0 Å². The summed E-state index contributed by atoms with van der Waals surface area (Å²) >= 11 is 0. The molecule has 170 valence electrons. The fraction of sp³-hybridized carbons (Fsp3) is 0.409. The van der Waals surface area contributed by atoms with Gasteiger partial charge in [0, 0.05) is 51.2 Å². The molecule has 0 unspecified atom stereocenters. The predicted octanol–water partition coefficient (Wildman–Crippen LogP) is 2.92. The molecule has 0 bridgehead atoms. The van der Waals surface area contributed by atoms with Crippen molar-refractivity contribution < 1.29 is 14.3 Å². The van der Waals surface area contributed by atoms with E-state index >= 15 is 0 Å². The molecule has 2 heterocycles. The Morgan fingerprint density at radius 1 is 1.09 bits per heavy atom. The number of ether oxygens (including phenoxy) is 1. The largest absolute Gasteiger partial charge is 0.383 e. The van der Waals surface area contributed by atoms with Crippen molar-refractivity contribution in [3.8, 4) is 0 Å². The SMILES string of the molecule is CCC(=O)Nc1ccc2nc(NC(=O)c3cnc(N(CC)CC)nc3)n(CCOC)c2c1. The summed E-state index contributed by atoms with van der Waals surface area (Å²) in [6.45, 7) is 8.32. The molecule has 0 saturated heterocycles. The number of nitrogens with one attached hydrogen (secondary N) is 2. The fourth-order valence-electron chi connectivity index (χ4n) is 3.24. The average molecular weight is 440 g/mol. The van der Waals surface area contributed by atoms with Crippen LogP contribution in [0.3, 0.4) is 0 Å². The zero-order chi connectivity index (χ0) is 23.1. The Kier molecular flexibility index (Phi) is 7.72. The highest BCUT2D eigenvalue weighted by atomic mass is 16.5. The van der Waals surface area contributed by atoms with Gasteiger partial charge in [0.15, 0.2) is 0 Å². The Morgan fingerprint density at radius 3 is 2.44 bits per heavy atom. The van der Waals surface area contributed by atoms with Crippen molar-refractivity contribution in [3.05, 3.63) is 36.2 Å². The molecule has 0 fully saturated rings. The minimum atomic E-state index is -0.357. The van der Waals surface area contributed by atoms with Crippen LogP contribution in [0.4, 0.5) is 17.6 Å². The molecular formula is C22H29N7O3. The Morgan fingerprint density at radius 2 is 1.81 bits per heavy atom. The summed E-state index contributed by atoms with van der Waals surface area (Å²) in [5.74, 6) is 0.535. The van der Waals surface area contributed by atoms with Gasteiger partial charge in [-0.2, -0.15) is 0 Å². The number of amides is 2. The van der Waals surface area contributed by atoms with Crippen LogP contribution in [0.5, 0.6) is 0 Å². The van der Waals surface area contributed by atoms with E-state index in [0.717, 1.165) is 18.6 Å². The molecule has 32 heavy (non-hydrogen) atoms. The second-order valence-electron chi connectivity index (χ2n) is 7.08. The number of methoxy groups -OCH3 is 1. The van der Waals surface area contributed by atoms with Gasteiger partial charge >= 0.3 is 0 Å². The van der Waals surface area contributed by atoms with Gasteiger partial charge in [0.2, 0.25) is 17.8 Å². The zero-order valence-corrected chi connectivity index (χ0v) is 18.9. The molecule has 0 aliphatic heterocycles. The van der Waals surface area contributed by atoms with Gasteiger partial charge in [0.05, 0.1) is 23.2 Å². The highest BCUT2D eigenvalue weighted by Crippen LogP contribution is 2.24. The van der Waals surface area contributed by atoms with Crippen molar-refractivity contribution in [2.24, 2.45) is 0 Å². The summed E-state index contributed by atoms with van der Waals surface area (Å²) in [5, 5.41) is 5.70. The molecule has 10 heteroatoms. The quantitative estimate of drug-likeness (QED) is 0.499. The van der Waals surface area contributed by atoms with Gasteiger partial charge in [-0.25, -0.2) is 15.0 Å². The van der Waals surface area contributed by atoms with Crippen LogP contribution in [0.25, 0.3) is 11.0 Å². The number of aromatic nitrogens is 4. The standard InChI is InChI=1S/C22H29N7O3/c1-5-19(30)25-16-8-9-17-18(12-16)29(10-11-32-4)22(26-17)27-20(31)15-13-23-21(24-14-15)28(6-2)7-3/h8-9,12-14H,5-7,10-11H2,1-4H3,(H,25,30)(H,26,27,31). The number of fused-ring (bicyclic) bond motifs is 1. The lowest BCUT2D eigenvalue weighted by atomic mass is 10.2. The van der Waals surface area contributed by atoms with Gasteiger partial charge in [0.1, 0.15) is 0 Å². The number of imidazole rings is 1. The van der Waals surface area contributed by atoms with Crippen molar-refractivity contribution >= 4 is 40.4 Å². The Labute approximate surface area is 187 Å². The maximum atomic E-state index is 12.8. The lowest BCUT2D eigenvalue weighted by Gasteiger charge is -2.18. The van der Waals surface area contributed by atoms with E-state index in [1.165, 1.54) is 12.4 Å². The van der Waals surface area contributed by atoms with Gasteiger partial charge in [-0.3, -0.25) is 14.9 Å². The van der Waals surface area contributed by atoms with Crippen LogP contribution in [-0.4, -0.2) is 58.1 Å². The molecule has 1 aromatic carbocycles. The molecule has 0 radical (unpaired) electrons. The third kappa shape index (κ3) is 5.20. The molecular weight excluding hydrogens is 410 g/mol. The first-order valence-corrected chi connectivity index (χ1v) is 10.7. The van der Waals surface area contributed by atoms with E-state index in [1.807, 2.05) is 35.4 Å². The van der Waals surface area contributed by atoms with E-state index in [9.17, 15) is 9.59 Å². The van der Waals surface area contributed by atoms with Crippen LogP contribution in [0.2, 0.25) is 0 Å². The first-order valence-electron chi connectivity index (χ1n) is 10.7. The number of rotatable bonds is 10. The van der Waals surface area contributed by atoms with Crippen LogP contribution in [-0.2, 0) is 16.1 Å². The summed E-state index contributed by atoms with van der Waals surface area (Å²) in [7, 11) is 1.61. The first kappa shape index (κ1) is 23.1. The van der Waals surface area contributed by atoms with Crippen LogP contribution in [0.1, 0.15) is 37.6 Å². The number of nitrogens with zero attached hydrogens (tertiary/aromatic N) is 5. The number of anilines is 3. The molecule has 2 aromatic heterocycles. The Bertz CT molecular complexity index is 1080. The van der Waals surface area contributed by atoms with Gasteiger partial charge in [-0.15, -0.1) is 0 Å². The summed E-state index contributed by atoms with van der Waals surface area (Å²) in [6, 6.07) is 5.43. The maximum absolute atomic E-state index is 12.8. The highest BCUT2D eigenvalue weighted by molar-refractivity contribution is 6.04. The van der Waals surface area contributed by atoms with E-state index in [2.05, 4.69) is 25.6 Å². The minimum Gasteiger partial charge on any atom is -0.383 e. The molecule has 2 amide bonds. The third-order valence-corrected chi connectivity index (χ3v) is 5.04. The van der Waals surface area contributed by atoms with Crippen LogP contribution in [0.15, 0.2) is 30.6 Å². The van der Waals surface area contributed by atoms with Gasteiger partial charge in [-0.1, -0.05) is 6.92 Å². The molecule has 3 rings (SSSR count). The molecule has 3 aromatic rings. The van der Waals surface area contributed by atoms with E-state index in [-0.39, 0.29) is 11.8 Å². The van der Waals surface area contributed by atoms with Crippen LogP contribution in [0, 0.1) is 0 Å². The summed E-state index contributed by atoms with van der Waals surface area (Å²) in [5.41, 5.74) is 2.47. The monoisotopic (exact) mass is 439 g/mol. The molecule has 10 nitrogen and oxygen atoms in total. The van der Waals surface area contributed by atoms with Gasteiger partial charge < -0.3 is 19.5 Å². The summed E-state index contributed by atoms with van der Waals surface area (Å²) in [4.78, 5) is 39.8. The molecule has 0 aliphatic rings. The van der Waals surface area contributed by atoms with Crippen molar-refractivity contribution in [2.75, 3.05) is 42.3 Å². The lowest BCUT2D eigenvalue weighted by molar-refractivity contribution is -0.115. The van der Waals surface area contributed by atoms with Gasteiger partial charge in [0.25, 0.3) is 5.91 Å². The number of carbonyl (C=O) groups excluding carboxylic acids is 2. The normalized spacial score (nSPS) is 10.9. The minimum absolute atomic E-state index is 0.0750. The van der Waals surface area contributed by atoms with E-state index < -0.39 is 0 Å². The molecule has 0 aliphatic carbocycles. The number of carbonyl (C=O) groups is 2. The van der Waals surface area contributed by atoms with Crippen molar-refractivity contribution in [1.29, 1.82) is 0 Å². The van der Waals surface area contributed by atoms with Gasteiger partial charge in [-0.05, 0) is 32.0 Å². The highest BCUT2D eigenvalue weighted by Gasteiger charge is 2.16. The second kappa shape index (κ2) is 10.7. The number of benzene rings is 1. The predicted molar refractivity (Wildman–Crippen MR) is 124 cm³/mol. The smallest absolute Gasteiger partial charge is 0.261 e. The lowest BCUT2D eigenvalue weighted by Crippen LogP contribution is -2.24. The average Bonchev–Trinajstić information content (AvgIpc) is 3.14. The summed E-state index contributed by atoms with van der Waals surface area (Å²) in [6.07, 6.45) is 3.41. The van der Waals surface area contributed by atoms with E-state index in [0.29, 0.717) is 48.2 Å². The van der Waals surface area contributed by atoms with Crippen molar-refractivity contribution in [1.82, 2.24) is 19.5 Å². The Balaban J connectivity index is 1.88. The van der Waals surface area contributed by atoms with E-state index in [4.69, 9.17) is 4.74 Å². The number of hydrogen-bond acceptors (Lipinski definition) is 7. The molecule has 2 N–H and O–H groups in total. The zero-order valence-electron chi connectivity index (χ0n) is 18.9. The molecule has 0 spiro atoms. The first-order chi connectivity index (χ1) is 15.5. The number of hydrogen-bond donors (Lipinski definition) is 2. The summed E-state index contributed by atoms with van der Waals surface area (Å²) < 4.78 is 7.07. The third-order valence-electron chi connectivity index (χ3n) is 5.04. The fourth-order valence-corrected chi connectivity index (χ4v) is 3.24. The van der Waals surface area contributed by atoms with E-state index in [1.54, 1.807) is 20.1 Å². The second-order valence-corrected chi connectivity index (χ2v) is 7.08. The Hall–Kier alpha value is -3.53. The van der Waals surface area contributed by atoms with Crippen molar-refractivity contribution in [3.63, 3.8) is 0 Å². The molecule has 0 atom stereocenters. The maximum Gasteiger partial charge on any atom is 0.261 e. The molecule has 0 saturated carbocycles. The van der Waals surface area contributed by atoms with Crippen molar-refractivity contribution in [2.45, 2.75) is 33.7 Å². The van der Waals surface area contributed by atoms with Crippen LogP contribution < -0.4 is 15.5 Å².